The minimum absolute atomic E-state index is 0.00498. The minimum atomic E-state index is -4.49. The normalized spacial score (nSPS) is 17.4. The van der Waals surface area contributed by atoms with Crippen molar-refractivity contribution in [1.29, 1.82) is 0 Å². The van der Waals surface area contributed by atoms with Crippen LogP contribution in [-0.4, -0.2) is 77.4 Å². The Morgan fingerprint density at radius 2 is 1.57 bits per heavy atom. The van der Waals surface area contributed by atoms with Crippen LogP contribution < -0.4 is 20.4 Å². The predicted octanol–water partition coefficient (Wildman–Crippen LogP) is 1.99. The predicted molar refractivity (Wildman–Crippen MR) is 150 cm³/mol. The highest BCUT2D eigenvalue weighted by molar-refractivity contribution is 7.91. The molecule has 0 unspecified atom stereocenters. The van der Waals surface area contributed by atoms with E-state index in [1.165, 1.54) is 53.5 Å². The molecule has 220 valence electrons. The summed E-state index contributed by atoms with van der Waals surface area (Å²) in [6.45, 7) is 5.03. The van der Waals surface area contributed by atoms with Crippen molar-refractivity contribution in [2.45, 2.75) is 54.9 Å². The van der Waals surface area contributed by atoms with Gasteiger partial charge in [-0.25, -0.2) is 8.42 Å². The molecular weight excluding hydrogens is 558 g/mol. The third-order valence-electron chi connectivity index (χ3n) is 6.87. The molecule has 40 heavy (non-hydrogen) atoms. The van der Waals surface area contributed by atoms with E-state index in [0.717, 1.165) is 25.9 Å². The lowest BCUT2D eigenvalue weighted by molar-refractivity contribution is 0.127. The lowest BCUT2D eigenvalue weighted by atomic mass is 10.1. The van der Waals surface area contributed by atoms with Gasteiger partial charge in [0.05, 0.1) is 6.61 Å². The van der Waals surface area contributed by atoms with Crippen LogP contribution in [0.1, 0.15) is 37.7 Å². The highest BCUT2D eigenvalue weighted by Gasteiger charge is 2.36. The number of benzene rings is 2. The number of ether oxygens (including phenoxy) is 1. The van der Waals surface area contributed by atoms with E-state index in [1.54, 1.807) is 13.0 Å². The summed E-state index contributed by atoms with van der Waals surface area (Å²) in [4.78, 5) is 6.64. The number of sulfonamides is 1. The minimum Gasteiger partial charge on any atom is -0.493 e. The van der Waals surface area contributed by atoms with E-state index in [9.17, 15) is 16.8 Å². The molecule has 0 bridgehead atoms. The summed E-state index contributed by atoms with van der Waals surface area (Å²) in [7, 11) is -8.55. The van der Waals surface area contributed by atoms with Crippen LogP contribution >= 0.6 is 0 Å². The Hall–Kier alpha value is -3.07. The molecule has 2 aromatic rings. The van der Waals surface area contributed by atoms with E-state index in [1.807, 2.05) is 0 Å². The second-order valence-corrected chi connectivity index (χ2v) is 13.3. The van der Waals surface area contributed by atoms with Crippen LogP contribution in [0.4, 0.5) is 0 Å². The fraction of sp³-hybridized carbons (Fsp3) is 0.500. The summed E-state index contributed by atoms with van der Waals surface area (Å²) >= 11 is 0. The van der Waals surface area contributed by atoms with Crippen LogP contribution in [0, 0.1) is 6.92 Å². The van der Waals surface area contributed by atoms with Gasteiger partial charge < -0.3 is 30.1 Å². The Labute approximate surface area is 236 Å². The molecule has 2 aromatic carbocycles. The van der Waals surface area contributed by atoms with Gasteiger partial charge in [-0.2, -0.15) is 12.7 Å². The maximum atomic E-state index is 13.6. The zero-order valence-corrected chi connectivity index (χ0v) is 24.2. The number of nitrogens with zero attached hydrogens (tertiary/aromatic N) is 3. The fourth-order valence-electron chi connectivity index (χ4n) is 5.01. The van der Waals surface area contributed by atoms with E-state index >= 15 is 0 Å². The highest BCUT2D eigenvalue weighted by atomic mass is 32.2. The van der Waals surface area contributed by atoms with E-state index in [4.69, 9.17) is 25.2 Å². The van der Waals surface area contributed by atoms with Crippen molar-refractivity contribution in [2.75, 3.05) is 39.4 Å². The molecule has 2 aliphatic rings. The van der Waals surface area contributed by atoms with Gasteiger partial charge in [0.2, 0.25) is 16.0 Å². The van der Waals surface area contributed by atoms with Gasteiger partial charge in [0.25, 0.3) is 0 Å². The Morgan fingerprint density at radius 1 is 0.925 bits per heavy atom. The van der Waals surface area contributed by atoms with Crippen molar-refractivity contribution in [3.8, 4) is 11.5 Å². The molecule has 2 aliphatic heterocycles. The average molecular weight is 596 g/mol. The molecule has 2 fully saturated rings. The number of hydrogen-bond acceptors (Lipinski definition) is 9. The molecule has 2 saturated heterocycles. The first-order valence-corrected chi connectivity index (χ1v) is 16.1. The number of likely N-dealkylation sites (tertiary alicyclic amines) is 1. The van der Waals surface area contributed by atoms with Crippen molar-refractivity contribution >= 4 is 26.1 Å². The lowest BCUT2D eigenvalue weighted by Gasteiger charge is -2.36. The monoisotopic (exact) mass is 595 g/mol. The zero-order chi connectivity index (χ0) is 28.8. The maximum absolute atomic E-state index is 13.6. The molecule has 2 heterocycles. The number of piperidine rings is 1. The van der Waals surface area contributed by atoms with Crippen molar-refractivity contribution in [2.24, 2.45) is 16.6 Å². The number of guanidine groups is 1. The van der Waals surface area contributed by atoms with Crippen molar-refractivity contribution in [3.05, 3.63) is 48.0 Å². The van der Waals surface area contributed by atoms with Crippen LogP contribution in [0.15, 0.2) is 57.4 Å². The molecule has 0 atom stereocenters. The second kappa shape index (κ2) is 13.1. The number of aryl methyl sites for hydroxylation is 1. The summed E-state index contributed by atoms with van der Waals surface area (Å²) in [5, 5.41) is 3.42. The first-order chi connectivity index (χ1) is 19.1. The summed E-state index contributed by atoms with van der Waals surface area (Å²) in [5.41, 5.74) is 11.1. The summed E-state index contributed by atoms with van der Waals surface area (Å²) < 4.78 is 66.5. The number of hydrogen-bond donors (Lipinski definition) is 2. The molecule has 4 N–H and O–H groups in total. The molecule has 0 saturated carbocycles. The smallest absolute Gasteiger partial charge is 0.340 e. The molecule has 0 spiro atoms. The Kier molecular flexibility index (Phi) is 9.77. The van der Waals surface area contributed by atoms with E-state index < -0.39 is 25.0 Å². The van der Waals surface area contributed by atoms with Crippen LogP contribution in [-0.2, 0) is 25.0 Å². The van der Waals surface area contributed by atoms with Crippen LogP contribution in [0.5, 0.6) is 11.5 Å². The van der Waals surface area contributed by atoms with Crippen LogP contribution in [0.2, 0.25) is 0 Å². The number of nitrogens with two attached hydrogens (primary N) is 2. The molecule has 0 radical (unpaired) electrons. The van der Waals surface area contributed by atoms with Gasteiger partial charge in [-0.05, 0) is 80.7 Å². The summed E-state index contributed by atoms with van der Waals surface area (Å²) in [5.74, 6) is 0.207. The quantitative estimate of drug-likeness (QED) is 0.122. The Balaban J connectivity index is 1.45. The van der Waals surface area contributed by atoms with Gasteiger partial charge in [0, 0.05) is 31.6 Å². The topological polar surface area (TPSA) is 167 Å². The van der Waals surface area contributed by atoms with Gasteiger partial charge in [0.1, 0.15) is 27.9 Å². The molecular formula is C26H37N5O7S2. The maximum Gasteiger partial charge on any atom is 0.340 e. The zero-order valence-electron chi connectivity index (χ0n) is 22.6. The standard InChI is InChI=1S/C26H37N5O7S2/c1-20-17-22(36-15-6-16-37-29-26(27)28)19-23(18-20)38-40(34,35)25-8-3-2-7-24(25)39(32,33)31-13-9-21(10-14-31)30-11-4-5-12-30/h2-3,7-8,17-19,21H,4-6,9-16H2,1H3,(H4,27,28,29). The van der Waals surface area contributed by atoms with Gasteiger partial charge in [-0.3, -0.25) is 0 Å². The molecule has 0 aliphatic carbocycles. The largest absolute Gasteiger partial charge is 0.493 e. The number of oxime groups is 1. The van der Waals surface area contributed by atoms with E-state index in [2.05, 4.69) is 10.1 Å². The van der Waals surface area contributed by atoms with E-state index in [-0.39, 0.29) is 29.8 Å². The molecule has 12 nitrogen and oxygen atoms in total. The highest BCUT2D eigenvalue weighted by Crippen LogP contribution is 2.31. The summed E-state index contributed by atoms with van der Waals surface area (Å²) in [6, 6.07) is 10.6. The average Bonchev–Trinajstić information content (AvgIpc) is 3.45. The SMILES string of the molecule is Cc1cc(OCCCON=C(N)N)cc(OS(=O)(=O)c2ccccc2S(=O)(=O)N2CCC(N3CCCC3)CC2)c1. The van der Waals surface area contributed by atoms with Gasteiger partial charge in [-0.15, -0.1) is 0 Å². The first-order valence-electron chi connectivity index (χ1n) is 13.3. The third kappa shape index (κ3) is 7.56. The Morgan fingerprint density at radius 3 is 2.25 bits per heavy atom. The van der Waals surface area contributed by atoms with Crippen molar-refractivity contribution in [1.82, 2.24) is 9.21 Å². The van der Waals surface area contributed by atoms with Crippen molar-refractivity contribution < 1.29 is 30.6 Å². The lowest BCUT2D eigenvalue weighted by Crippen LogP contribution is -2.46. The third-order valence-corrected chi connectivity index (χ3v) is 10.3. The first kappa shape index (κ1) is 29.9. The van der Waals surface area contributed by atoms with Gasteiger partial charge >= 0.3 is 10.1 Å². The Bertz CT molecular complexity index is 1400. The van der Waals surface area contributed by atoms with E-state index in [0.29, 0.717) is 36.9 Å². The second-order valence-electron chi connectivity index (χ2n) is 9.90. The van der Waals surface area contributed by atoms with Gasteiger partial charge in [-0.1, -0.05) is 12.1 Å². The molecule has 4 rings (SSSR count). The van der Waals surface area contributed by atoms with Crippen LogP contribution in [0.3, 0.4) is 0 Å². The molecule has 14 heteroatoms. The van der Waals surface area contributed by atoms with Crippen LogP contribution in [0.25, 0.3) is 0 Å². The van der Waals surface area contributed by atoms with Gasteiger partial charge in [0.15, 0.2) is 0 Å². The van der Waals surface area contributed by atoms with Crippen molar-refractivity contribution in [3.63, 3.8) is 0 Å². The fourth-order valence-corrected chi connectivity index (χ4v) is 8.18. The molecule has 0 amide bonds. The number of rotatable bonds is 12. The summed E-state index contributed by atoms with van der Waals surface area (Å²) in [6.07, 6.45) is 4.26. The molecule has 0 aromatic heterocycles.